The molecule has 1 aliphatic carbocycles. The van der Waals surface area contributed by atoms with Crippen molar-refractivity contribution in [1.82, 2.24) is 4.98 Å². The molecule has 1 aliphatic rings. The molecule has 1 aromatic carbocycles. The predicted molar refractivity (Wildman–Crippen MR) is 63.7 cm³/mol. The van der Waals surface area contributed by atoms with Crippen molar-refractivity contribution in [1.29, 1.82) is 0 Å². The first kappa shape index (κ1) is 10.0. The van der Waals surface area contributed by atoms with E-state index in [1.165, 1.54) is 0 Å². The summed E-state index contributed by atoms with van der Waals surface area (Å²) in [5.41, 5.74) is 1.99. The van der Waals surface area contributed by atoms with Crippen molar-refractivity contribution in [2.75, 3.05) is 0 Å². The maximum absolute atomic E-state index is 11.5. The van der Waals surface area contributed by atoms with Gasteiger partial charge in [-0.15, -0.1) is 0 Å². The van der Waals surface area contributed by atoms with E-state index in [0.29, 0.717) is 17.1 Å². The first-order chi connectivity index (χ1) is 7.65. The fourth-order valence-electron chi connectivity index (χ4n) is 1.78. The summed E-state index contributed by atoms with van der Waals surface area (Å²) in [5, 5.41) is 0. The lowest BCUT2D eigenvalue weighted by molar-refractivity contribution is 0.101. The van der Waals surface area contributed by atoms with Gasteiger partial charge >= 0.3 is 0 Å². The molecule has 1 heterocycles. The monoisotopic (exact) mass is 279 g/mol. The number of oxazole rings is 1. The largest absolute Gasteiger partial charge is 0.440 e. The standard InChI is InChI=1S/C12H10BrNO2/c1-6(15)9-4-8(13)5-10-11(9)16-12(14-10)7-2-3-7/h4-5,7H,2-3H2,1H3. The van der Waals surface area contributed by atoms with Crippen LogP contribution in [-0.2, 0) is 0 Å². The van der Waals surface area contributed by atoms with Crippen molar-refractivity contribution < 1.29 is 9.21 Å². The minimum absolute atomic E-state index is 0.00444. The Morgan fingerprint density at radius 3 is 2.88 bits per heavy atom. The second-order valence-corrected chi connectivity index (χ2v) is 5.10. The summed E-state index contributed by atoms with van der Waals surface area (Å²) < 4.78 is 6.55. The number of benzene rings is 1. The molecule has 0 bridgehead atoms. The van der Waals surface area contributed by atoms with E-state index in [1.54, 1.807) is 13.0 Å². The van der Waals surface area contributed by atoms with Crippen LogP contribution in [-0.4, -0.2) is 10.8 Å². The van der Waals surface area contributed by atoms with Gasteiger partial charge in [0.2, 0.25) is 0 Å². The molecule has 1 aromatic heterocycles. The number of halogens is 1. The van der Waals surface area contributed by atoms with Gasteiger partial charge in [0.25, 0.3) is 0 Å². The van der Waals surface area contributed by atoms with E-state index in [0.717, 1.165) is 28.7 Å². The number of carbonyl (C=O) groups excluding carboxylic acids is 1. The van der Waals surface area contributed by atoms with Crippen LogP contribution in [0.4, 0.5) is 0 Å². The van der Waals surface area contributed by atoms with Gasteiger partial charge in [-0.3, -0.25) is 4.79 Å². The van der Waals surface area contributed by atoms with Gasteiger partial charge in [0.1, 0.15) is 5.52 Å². The molecular weight excluding hydrogens is 270 g/mol. The minimum Gasteiger partial charge on any atom is -0.440 e. The van der Waals surface area contributed by atoms with Crippen molar-refractivity contribution >= 4 is 32.8 Å². The lowest BCUT2D eigenvalue weighted by Gasteiger charge is -1.97. The smallest absolute Gasteiger partial charge is 0.198 e. The zero-order valence-electron chi connectivity index (χ0n) is 8.79. The Balaban J connectivity index is 2.27. The van der Waals surface area contributed by atoms with Crippen LogP contribution < -0.4 is 0 Å². The molecule has 0 atom stereocenters. The fourth-order valence-corrected chi connectivity index (χ4v) is 2.23. The van der Waals surface area contributed by atoms with E-state index in [4.69, 9.17) is 4.42 Å². The van der Waals surface area contributed by atoms with E-state index >= 15 is 0 Å². The third kappa shape index (κ3) is 1.57. The van der Waals surface area contributed by atoms with Gasteiger partial charge < -0.3 is 4.42 Å². The Morgan fingerprint density at radius 2 is 2.25 bits per heavy atom. The third-order valence-corrected chi connectivity index (χ3v) is 3.24. The van der Waals surface area contributed by atoms with Gasteiger partial charge in [-0.2, -0.15) is 0 Å². The maximum Gasteiger partial charge on any atom is 0.198 e. The van der Waals surface area contributed by atoms with Crippen molar-refractivity contribution in [3.05, 3.63) is 28.1 Å². The van der Waals surface area contributed by atoms with Gasteiger partial charge in [-0.1, -0.05) is 15.9 Å². The molecule has 0 saturated heterocycles. The van der Waals surface area contributed by atoms with Crippen LogP contribution >= 0.6 is 15.9 Å². The van der Waals surface area contributed by atoms with Crippen LogP contribution in [0.5, 0.6) is 0 Å². The summed E-state index contributed by atoms with van der Waals surface area (Å²) in [5.74, 6) is 1.24. The lowest BCUT2D eigenvalue weighted by Crippen LogP contribution is -1.92. The molecule has 0 unspecified atom stereocenters. The number of nitrogens with zero attached hydrogens (tertiary/aromatic N) is 1. The Hall–Kier alpha value is -1.16. The molecule has 4 heteroatoms. The number of hydrogen-bond donors (Lipinski definition) is 0. The van der Waals surface area contributed by atoms with Crippen molar-refractivity contribution in [3.8, 4) is 0 Å². The number of carbonyl (C=O) groups is 1. The quantitative estimate of drug-likeness (QED) is 0.788. The van der Waals surface area contributed by atoms with Gasteiger partial charge in [0, 0.05) is 10.4 Å². The molecular formula is C12H10BrNO2. The van der Waals surface area contributed by atoms with Crippen LogP contribution in [0.15, 0.2) is 21.0 Å². The summed E-state index contributed by atoms with van der Waals surface area (Å²) in [6.07, 6.45) is 2.28. The Bertz CT molecular complexity index is 584. The molecule has 82 valence electrons. The molecule has 2 aromatic rings. The Kier molecular flexibility index (Phi) is 2.14. The molecule has 0 N–H and O–H groups in total. The van der Waals surface area contributed by atoms with E-state index in [1.807, 2.05) is 6.07 Å². The van der Waals surface area contributed by atoms with Crippen LogP contribution in [0.25, 0.3) is 11.1 Å². The summed E-state index contributed by atoms with van der Waals surface area (Å²) in [6.45, 7) is 1.54. The second kappa shape index (κ2) is 3.42. The van der Waals surface area contributed by atoms with Crippen molar-refractivity contribution in [2.24, 2.45) is 0 Å². The first-order valence-electron chi connectivity index (χ1n) is 5.26. The molecule has 0 amide bonds. The van der Waals surface area contributed by atoms with Crippen LogP contribution in [0.1, 0.15) is 41.9 Å². The van der Waals surface area contributed by atoms with E-state index in [9.17, 15) is 4.79 Å². The Morgan fingerprint density at radius 1 is 1.50 bits per heavy atom. The normalized spacial score (nSPS) is 15.6. The molecule has 3 rings (SSSR count). The Labute approximate surface area is 101 Å². The zero-order valence-corrected chi connectivity index (χ0v) is 10.4. The van der Waals surface area contributed by atoms with Crippen molar-refractivity contribution in [3.63, 3.8) is 0 Å². The lowest BCUT2D eigenvalue weighted by atomic mass is 10.1. The van der Waals surface area contributed by atoms with E-state index < -0.39 is 0 Å². The number of aromatic nitrogens is 1. The number of Topliss-reactive ketones (excluding diaryl/α,β-unsaturated/α-hetero) is 1. The van der Waals surface area contributed by atoms with E-state index in [2.05, 4.69) is 20.9 Å². The molecule has 0 spiro atoms. The van der Waals surface area contributed by atoms with Crippen LogP contribution in [0, 0.1) is 0 Å². The van der Waals surface area contributed by atoms with Gasteiger partial charge in [0.15, 0.2) is 17.3 Å². The molecule has 0 radical (unpaired) electrons. The molecule has 3 nitrogen and oxygen atoms in total. The predicted octanol–water partition coefficient (Wildman–Crippen LogP) is 3.67. The number of rotatable bonds is 2. The maximum atomic E-state index is 11.5. The summed E-state index contributed by atoms with van der Waals surface area (Å²) in [6, 6.07) is 3.67. The van der Waals surface area contributed by atoms with Crippen molar-refractivity contribution in [2.45, 2.75) is 25.7 Å². The summed E-state index contributed by atoms with van der Waals surface area (Å²) in [7, 11) is 0. The highest BCUT2D eigenvalue weighted by Crippen LogP contribution is 2.41. The van der Waals surface area contributed by atoms with Gasteiger partial charge in [-0.05, 0) is 31.9 Å². The van der Waals surface area contributed by atoms with E-state index in [-0.39, 0.29) is 5.78 Å². The summed E-state index contributed by atoms with van der Waals surface area (Å²) >= 11 is 3.38. The van der Waals surface area contributed by atoms with Gasteiger partial charge in [-0.25, -0.2) is 4.98 Å². The minimum atomic E-state index is 0.00444. The highest BCUT2D eigenvalue weighted by atomic mass is 79.9. The van der Waals surface area contributed by atoms with Crippen LogP contribution in [0.2, 0.25) is 0 Å². The number of ketones is 1. The molecule has 16 heavy (non-hydrogen) atoms. The number of hydrogen-bond acceptors (Lipinski definition) is 3. The fraction of sp³-hybridized carbons (Fsp3) is 0.333. The zero-order chi connectivity index (χ0) is 11.3. The highest BCUT2D eigenvalue weighted by Gasteiger charge is 2.29. The SMILES string of the molecule is CC(=O)c1cc(Br)cc2nc(C3CC3)oc12. The average molecular weight is 280 g/mol. The highest BCUT2D eigenvalue weighted by molar-refractivity contribution is 9.10. The number of fused-ring (bicyclic) bond motifs is 1. The molecule has 1 saturated carbocycles. The first-order valence-corrected chi connectivity index (χ1v) is 6.05. The average Bonchev–Trinajstić information content (AvgIpc) is 2.98. The molecule has 0 aliphatic heterocycles. The summed E-state index contributed by atoms with van der Waals surface area (Å²) in [4.78, 5) is 15.9. The molecule has 1 fully saturated rings. The topological polar surface area (TPSA) is 43.1 Å². The van der Waals surface area contributed by atoms with Crippen LogP contribution in [0.3, 0.4) is 0 Å². The third-order valence-electron chi connectivity index (χ3n) is 2.78. The second-order valence-electron chi connectivity index (χ2n) is 4.18. The van der Waals surface area contributed by atoms with Gasteiger partial charge in [0.05, 0.1) is 5.56 Å².